The van der Waals surface area contributed by atoms with Crippen LogP contribution in [0.2, 0.25) is 0 Å². The molecule has 15 heavy (non-hydrogen) atoms. The van der Waals surface area contributed by atoms with E-state index in [2.05, 4.69) is 10.8 Å². The van der Waals surface area contributed by atoms with Crippen molar-refractivity contribution in [1.82, 2.24) is 4.31 Å². The maximum atomic E-state index is 11.2. The van der Waals surface area contributed by atoms with Gasteiger partial charge in [-0.05, 0) is 0 Å². The van der Waals surface area contributed by atoms with Gasteiger partial charge in [-0.3, -0.25) is 9.59 Å². The number of hydrogen-bond acceptors (Lipinski definition) is 5. The number of nitrogens with zero attached hydrogens (tertiary/aromatic N) is 1. The van der Waals surface area contributed by atoms with Gasteiger partial charge in [-0.25, -0.2) is 4.18 Å². The second kappa shape index (κ2) is 5.76. The van der Waals surface area contributed by atoms with Gasteiger partial charge in [0.2, 0.25) is 11.8 Å². The summed E-state index contributed by atoms with van der Waals surface area (Å²) < 4.78 is 27.0. The predicted octanol–water partition coefficient (Wildman–Crippen LogP) is -1.07. The molecule has 0 bridgehead atoms. The van der Waals surface area contributed by atoms with E-state index in [1.807, 2.05) is 0 Å². The van der Waals surface area contributed by atoms with Crippen LogP contribution in [0.25, 0.3) is 0 Å². The fourth-order valence-electron chi connectivity index (χ4n) is 0.992. The molecule has 0 atom stereocenters. The first-order valence-electron chi connectivity index (χ1n) is 3.85. The molecule has 8 heteroatoms. The Bertz CT molecular complexity index is 361. The Balaban J connectivity index is 0.00000196. The number of rotatable bonds is 4. The van der Waals surface area contributed by atoms with E-state index in [0.717, 1.165) is 0 Å². The van der Waals surface area contributed by atoms with Crippen LogP contribution in [0.3, 0.4) is 0 Å². The van der Waals surface area contributed by atoms with Gasteiger partial charge in [0, 0.05) is 12.8 Å². The third-order valence-corrected chi connectivity index (χ3v) is 2.85. The molecule has 1 aliphatic rings. The molecule has 0 N–H and O–H groups in total. The molecular weight excluding hydrogens is 233 g/mol. The molecule has 80 valence electrons. The zero-order chi connectivity index (χ0) is 10.8. The van der Waals surface area contributed by atoms with Crippen molar-refractivity contribution in [2.24, 2.45) is 0 Å². The Kier molecular flexibility index (Phi) is 5.68. The van der Waals surface area contributed by atoms with Gasteiger partial charge < -0.3 is 0 Å². The Morgan fingerprint density at radius 2 is 1.80 bits per heavy atom. The molecule has 1 heterocycles. The van der Waals surface area contributed by atoms with E-state index in [1.165, 1.54) is 6.08 Å². The van der Waals surface area contributed by atoms with Crippen molar-refractivity contribution in [2.75, 3.05) is 6.61 Å². The van der Waals surface area contributed by atoms with Crippen LogP contribution < -0.4 is 0 Å². The summed E-state index contributed by atoms with van der Waals surface area (Å²) in [4.78, 5) is 22.0. The molecule has 0 unspecified atom stereocenters. The first-order valence-corrected chi connectivity index (χ1v) is 5.22. The summed E-state index contributed by atoms with van der Waals surface area (Å²) >= 11 is 0. The molecule has 0 aromatic carbocycles. The molecule has 6 nitrogen and oxygen atoms in total. The zero-order valence-electron chi connectivity index (χ0n) is 7.30. The van der Waals surface area contributed by atoms with Gasteiger partial charge in [-0.2, -0.15) is 12.7 Å². The molecule has 0 aliphatic carbocycles. The molecule has 0 saturated carbocycles. The van der Waals surface area contributed by atoms with Crippen molar-refractivity contribution in [3.8, 4) is 0 Å². The standard InChI is InChI=1S/C7H9NO5S.Na.H/c1-2-5-13-14(11,12)8-6(9)3-4-7(8)10;;/h2H,1,3-5H2;;. The molecule has 2 amide bonds. The number of amides is 2. The van der Waals surface area contributed by atoms with Crippen LogP contribution >= 0.6 is 0 Å². The van der Waals surface area contributed by atoms with Crippen LogP contribution in [0.15, 0.2) is 12.7 Å². The van der Waals surface area contributed by atoms with Crippen molar-refractivity contribution in [1.29, 1.82) is 0 Å². The first kappa shape index (κ1) is 14.8. The minimum absolute atomic E-state index is 0. The third-order valence-electron chi connectivity index (χ3n) is 1.56. The van der Waals surface area contributed by atoms with E-state index in [0.29, 0.717) is 0 Å². The molecule has 0 radical (unpaired) electrons. The number of hydrogen-bond donors (Lipinski definition) is 0. The molecule has 1 saturated heterocycles. The summed E-state index contributed by atoms with van der Waals surface area (Å²) in [7, 11) is -4.26. The average Bonchev–Trinajstić information content (AvgIpc) is 2.43. The Labute approximate surface area is 110 Å². The summed E-state index contributed by atoms with van der Waals surface area (Å²) in [6.07, 6.45) is 1.04. The van der Waals surface area contributed by atoms with Gasteiger partial charge in [0.25, 0.3) is 0 Å². The van der Waals surface area contributed by atoms with E-state index in [9.17, 15) is 18.0 Å². The zero-order valence-corrected chi connectivity index (χ0v) is 8.12. The summed E-state index contributed by atoms with van der Waals surface area (Å²) in [6, 6.07) is 0. The van der Waals surface area contributed by atoms with E-state index in [4.69, 9.17) is 0 Å². The maximum absolute atomic E-state index is 11.2. The summed E-state index contributed by atoms with van der Waals surface area (Å²) in [6.45, 7) is 2.99. The Morgan fingerprint density at radius 3 is 2.20 bits per heavy atom. The van der Waals surface area contributed by atoms with Crippen LogP contribution in [-0.4, -0.2) is 60.7 Å². The van der Waals surface area contributed by atoms with Crippen LogP contribution in [0.1, 0.15) is 12.8 Å². The van der Waals surface area contributed by atoms with E-state index in [1.54, 1.807) is 0 Å². The number of carbonyl (C=O) groups excluding carboxylic acids is 2. The topological polar surface area (TPSA) is 80.8 Å². The second-order valence-corrected chi connectivity index (χ2v) is 4.04. The Morgan fingerprint density at radius 1 is 1.33 bits per heavy atom. The average molecular weight is 243 g/mol. The molecule has 1 rings (SSSR count). The van der Waals surface area contributed by atoms with Crippen LogP contribution in [-0.2, 0) is 24.1 Å². The van der Waals surface area contributed by atoms with Crippen molar-refractivity contribution in [3.63, 3.8) is 0 Å². The van der Waals surface area contributed by atoms with Crippen molar-refractivity contribution >= 4 is 51.7 Å². The Hall–Kier alpha value is -0.210. The van der Waals surface area contributed by atoms with Crippen LogP contribution in [0, 0.1) is 0 Å². The molecular formula is C7H10NNaO5S. The number of carbonyl (C=O) groups is 2. The SMILES string of the molecule is C=CCOS(=O)(=O)N1C(=O)CCC1=O.[NaH]. The predicted molar refractivity (Wildman–Crippen MR) is 53.3 cm³/mol. The van der Waals surface area contributed by atoms with E-state index >= 15 is 0 Å². The first-order chi connectivity index (χ1) is 6.49. The molecule has 0 aromatic heterocycles. The van der Waals surface area contributed by atoms with E-state index in [-0.39, 0.29) is 53.3 Å². The van der Waals surface area contributed by atoms with Gasteiger partial charge in [0.1, 0.15) is 0 Å². The van der Waals surface area contributed by atoms with Gasteiger partial charge in [-0.15, -0.1) is 6.58 Å². The fraction of sp³-hybridized carbons (Fsp3) is 0.429. The quantitative estimate of drug-likeness (QED) is 0.357. The summed E-state index contributed by atoms with van der Waals surface area (Å²) in [5.41, 5.74) is 0. The fourth-order valence-corrected chi connectivity index (χ4v) is 2.05. The van der Waals surface area contributed by atoms with Gasteiger partial charge in [0.15, 0.2) is 0 Å². The van der Waals surface area contributed by atoms with Gasteiger partial charge in [-0.1, -0.05) is 6.08 Å². The summed E-state index contributed by atoms with van der Waals surface area (Å²) in [5.74, 6) is -1.50. The van der Waals surface area contributed by atoms with Gasteiger partial charge in [0.05, 0.1) is 6.61 Å². The minimum atomic E-state index is -4.26. The second-order valence-electron chi connectivity index (χ2n) is 2.58. The van der Waals surface area contributed by atoms with Crippen molar-refractivity contribution in [2.45, 2.75) is 12.8 Å². The monoisotopic (exact) mass is 243 g/mol. The third kappa shape index (κ3) is 3.39. The molecule has 1 aliphatic heterocycles. The van der Waals surface area contributed by atoms with Crippen LogP contribution in [0.4, 0.5) is 0 Å². The normalized spacial score (nSPS) is 16.4. The number of imide groups is 1. The van der Waals surface area contributed by atoms with Crippen LogP contribution in [0.5, 0.6) is 0 Å². The summed E-state index contributed by atoms with van der Waals surface area (Å²) in [5, 5.41) is 0. The van der Waals surface area contributed by atoms with E-state index < -0.39 is 22.1 Å². The molecule has 0 spiro atoms. The van der Waals surface area contributed by atoms with Crippen molar-refractivity contribution in [3.05, 3.63) is 12.7 Å². The van der Waals surface area contributed by atoms with Crippen molar-refractivity contribution < 1.29 is 22.2 Å². The van der Waals surface area contributed by atoms with Gasteiger partial charge >= 0.3 is 39.9 Å². The molecule has 0 aromatic rings. The molecule has 1 fully saturated rings.